The van der Waals surface area contributed by atoms with E-state index in [1.165, 1.54) is 6.07 Å². The fraction of sp³-hybridized carbons (Fsp3) is 0.0588. The standard InChI is InChI=1S/C34H26N4O11S3/c1-18-13-21(7-10-26(18)35-37-32-25-6-4-3-5-20(25)9-12-28(32)39)22-8-11-27(19(2)14-22)36-38-33-30(52(47,48)49)16-23-15-24(50(41,42)43)17-29(51(44,45)46)31(23)34(33)40/h3-17,39-40H,1-2H3,(H,41,42,43)(H,44,45,46)(H,47,48,49). The Morgan fingerprint density at radius 1 is 0.519 bits per heavy atom. The number of benzene rings is 6. The Morgan fingerprint density at radius 3 is 1.62 bits per heavy atom. The molecule has 18 heteroatoms. The van der Waals surface area contributed by atoms with Crippen molar-refractivity contribution in [3.8, 4) is 22.6 Å². The predicted molar refractivity (Wildman–Crippen MR) is 190 cm³/mol. The quantitative estimate of drug-likeness (QED) is 0.0728. The van der Waals surface area contributed by atoms with Crippen molar-refractivity contribution >= 4 is 74.6 Å². The summed E-state index contributed by atoms with van der Waals surface area (Å²) >= 11 is 0. The van der Waals surface area contributed by atoms with Gasteiger partial charge in [0.25, 0.3) is 30.4 Å². The number of hydrogen-bond donors (Lipinski definition) is 5. The molecule has 0 bridgehead atoms. The number of rotatable bonds is 8. The third-order valence-electron chi connectivity index (χ3n) is 8.06. The molecule has 0 amide bonds. The average molecular weight is 763 g/mol. The fourth-order valence-corrected chi connectivity index (χ4v) is 7.54. The number of phenols is 2. The molecule has 0 saturated heterocycles. The van der Waals surface area contributed by atoms with Crippen LogP contribution in [-0.4, -0.2) is 49.1 Å². The van der Waals surface area contributed by atoms with Crippen LogP contribution < -0.4 is 0 Å². The maximum atomic E-state index is 12.3. The third kappa shape index (κ3) is 7.11. The van der Waals surface area contributed by atoms with Crippen LogP contribution in [0.5, 0.6) is 11.5 Å². The zero-order valence-electron chi connectivity index (χ0n) is 26.9. The van der Waals surface area contributed by atoms with Crippen LogP contribution in [0, 0.1) is 13.8 Å². The van der Waals surface area contributed by atoms with Crippen molar-refractivity contribution in [3.63, 3.8) is 0 Å². The van der Waals surface area contributed by atoms with Gasteiger partial charge in [0.15, 0.2) is 5.75 Å². The Labute approximate surface area is 296 Å². The number of aryl methyl sites for hydroxylation is 2. The molecule has 0 aromatic heterocycles. The lowest BCUT2D eigenvalue weighted by Crippen LogP contribution is -2.06. The second-order valence-corrected chi connectivity index (χ2v) is 15.8. The SMILES string of the molecule is Cc1cc(-c2ccc(N=Nc3c(O)ccc4ccccc34)c(C)c2)ccc1N=Nc1c(S(=O)(=O)O)cc2cc(S(=O)(=O)O)cc(S(=O)(=O)O)c2c1O. The van der Waals surface area contributed by atoms with E-state index in [0.29, 0.717) is 35.1 Å². The molecule has 5 N–H and O–H groups in total. The first-order valence-electron chi connectivity index (χ1n) is 14.8. The van der Waals surface area contributed by atoms with Gasteiger partial charge in [0, 0.05) is 10.8 Å². The van der Waals surface area contributed by atoms with E-state index < -0.39 is 67.3 Å². The van der Waals surface area contributed by atoms with Crippen LogP contribution in [-0.2, 0) is 30.4 Å². The van der Waals surface area contributed by atoms with Crippen molar-refractivity contribution < 1.29 is 49.1 Å². The summed E-state index contributed by atoms with van der Waals surface area (Å²) in [4.78, 5) is -3.31. The molecule has 0 heterocycles. The van der Waals surface area contributed by atoms with E-state index >= 15 is 0 Å². The van der Waals surface area contributed by atoms with Crippen molar-refractivity contribution in [2.24, 2.45) is 20.5 Å². The van der Waals surface area contributed by atoms with E-state index in [1.54, 1.807) is 37.3 Å². The van der Waals surface area contributed by atoms with E-state index in [0.717, 1.165) is 27.5 Å². The molecule has 0 saturated carbocycles. The highest BCUT2D eigenvalue weighted by atomic mass is 32.2. The van der Waals surface area contributed by atoms with Gasteiger partial charge in [0.2, 0.25) is 0 Å². The van der Waals surface area contributed by atoms with Gasteiger partial charge in [-0.1, -0.05) is 42.5 Å². The van der Waals surface area contributed by atoms with Crippen molar-refractivity contribution in [1.82, 2.24) is 0 Å². The van der Waals surface area contributed by atoms with Crippen LogP contribution in [0.4, 0.5) is 22.7 Å². The number of hydrogen-bond acceptors (Lipinski definition) is 12. The van der Waals surface area contributed by atoms with E-state index in [1.807, 2.05) is 43.3 Å². The van der Waals surface area contributed by atoms with Gasteiger partial charge in [-0.05, 0) is 95.4 Å². The molecule has 15 nitrogen and oxygen atoms in total. The second kappa shape index (κ2) is 13.2. The predicted octanol–water partition coefficient (Wildman–Crippen LogP) is 8.26. The first-order valence-corrected chi connectivity index (χ1v) is 19.2. The average Bonchev–Trinajstić information content (AvgIpc) is 3.06. The Morgan fingerprint density at radius 2 is 1.08 bits per heavy atom. The molecule has 6 aromatic rings. The largest absolute Gasteiger partial charge is 0.506 e. The molecule has 52 heavy (non-hydrogen) atoms. The summed E-state index contributed by atoms with van der Waals surface area (Å²) in [5.41, 5.74) is 3.01. The molecule has 0 atom stereocenters. The molecule has 0 fully saturated rings. The lowest BCUT2D eigenvalue weighted by molar-refractivity contribution is 0.469. The zero-order valence-corrected chi connectivity index (χ0v) is 29.3. The fourth-order valence-electron chi connectivity index (χ4n) is 5.52. The number of nitrogens with zero attached hydrogens (tertiary/aromatic N) is 4. The molecule has 0 aliphatic heterocycles. The van der Waals surface area contributed by atoms with Gasteiger partial charge >= 0.3 is 0 Å². The molecule has 266 valence electrons. The van der Waals surface area contributed by atoms with Gasteiger partial charge < -0.3 is 10.2 Å². The Kier molecular flexibility index (Phi) is 9.16. The van der Waals surface area contributed by atoms with Crippen LogP contribution in [0.15, 0.2) is 126 Å². The monoisotopic (exact) mass is 762 g/mol. The molecular weight excluding hydrogens is 737 g/mol. The summed E-state index contributed by atoms with van der Waals surface area (Å²) < 4.78 is 102. The maximum absolute atomic E-state index is 12.3. The first kappa shape index (κ1) is 36.2. The van der Waals surface area contributed by atoms with Gasteiger partial charge in [0.1, 0.15) is 26.9 Å². The molecular formula is C34H26N4O11S3. The Bertz CT molecular complexity index is 2880. The zero-order chi connectivity index (χ0) is 37.7. The third-order valence-corrected chi connectivity index (χ3v) is 10.6. The molecule has 0 unspecified atom stereocenters. The van der Waals surface area contributed by atoms with Crippen molar-refractivity contribution in [2.45, 2.75) is 28.5 Å². The number of phenolic OH excluding ortho intramolecular Hbond substituents is 2. The van der Waals surface area contributed by atoms with Crippen LogP contribution in [0.1, 0.15) is 11.1 Å². The summed E-state index contributed by atoms with van der Waals surface area (Å²) in [5, 5.41) is 38.2. The van der Waals surface area contributed by atoms with Gasteiger partial charge in [0.05, 0.1) is 16.3 Å². The number of aromatic hydroxyl groups is 2. The molecule has 6 rings (SSSR count). The van der Waals surface area contributed by atoms with Gasteiger partial charge in [-0.25, -0.2) is 0 Å². The Hall–Kier alpha value is -5.63. The van der Waals surface area contributed by atoms with Crippen molar-refractivity contribution in [2.75, 3.05) is 0 Å². The van der Waals surface area contributed by atoms with Gasteiger partial charge in [-0.15, -0.1) is 10.2 Å². The van der Waals surface area contributed by atoms with E-state index in [2.05, 4.69) is 20.5 Å². The molecule has 0 radical (unpaired) electrons. The first-order chi connectivity index (χ1) is 24.3. The lowest BCUT2D eigenvalue weighted by atomic mass is 10.0. The molecule has 0 aliphatic carbocycles. The molecule has 0 spiro atoms. The van der Waals surface area contributed by atoms with E-state index in [-0.39, 0.29) is 11.4 Å². The minimum atomic E-state index is -5.28. The summed E-state index contributed by atoms with van der Waals surface area (Å²) in [6.45, 7) is 3.51. The molecule has 6 aromatic carbocycles. The minimum Gasteiger partial charge on any atom is -0.506 e. The summed E-state index contributed by atoms with van der Waals surface area (Å²) in [6, 6.07) is 22.8. The topological polar surface area (TPSA) is 253 Å². The number of fused-ring (bicyclic) bond motifs is 2. The van der Waals surface area contributed by atoms with Crippen molar-refractivity contribution in [1.29, 1.82) is 0 Å². The van der Waals surface area contributed by atoms with Crippen LogP contribution >= 0.6 is 0 Å². The van der Waals surface area contributed by atoms with Crippen molar-refractivity contribution in [3.05, 3.63) is 102 Å². The summed E-state index contributed by atoms with van der Waals surface area (Å²) in [7, 11) is -15.6. The van der Waals surface area contributed by atoms with Gasteiger partial charge in [-0.2, -0.15) is 35.5 Å². The van der Waals surface area contributed by atoms with Crippen LogP contribution in [0.3, 0.4) is 0 Å². The highest BCUT2D eigenvalue weighted by molar-refractivity contribution is 7.87. The van der Waals surface area contributed by atoms with E-state index in [4.69, 9.17) is 0 Å². The number of azo groups is 2. The maximum Gasteiger partial charge on any atom is 0.296 e. The Balaban J connectivity index is 1.36. The second-order valence-electron chi connectivity index (χ2n) is 11.6. The summed E-state index contributed by atoms with van der Waals surface area (Å²) in [5.74, 6) is -1.19. The minimum absolute atomic E-state index is 0.00778. The van der Waals surface area contributed by atoms with Crippen LogP contribution in [0.2, 0.25) is 0 Å². The normalized spacial score (nSPS) is 12.8. The highest BCUT2D eigenvalue weighted by Crippen LogP contribution is 2.45. The molecule has 0 aliphatic rings. The van der Waals surface area contributed by atoms with Crippen LogP contribution in [0.25, 0.3) is 32.7 Å². The lowest BCUT2D eigenvalue weighted by Gasteiger charge is -2.13. The smallest absolute Gasteiger partial charge is 0.296 e. The van der Waals surface area contributed by atoms with E-state index in [9.17, 15) is 49.1 Å². The highest BCUT2D eigenvalue weighted by Gasteiger charge is 2.28. The summed E-state index contributed by atoms with van der Waals surface area (Å²) in [6.07, 6.45) is 0. The van der Waals surface area contributed by atoms with Gasteiger partial charge in [-0.3, -0.25) is 13.7 Å².